The van der Waals surface area contributed by atoms with Crippen molar-refractivity contribution in [2.75, 3.05) is 31.1 Å². The third-order valence-corrected chi connectivity index (χ3v) is 8.17. The van der Waals surface area contributed by atoms with Crippen LogP contribution in [0.1, 0.15) is 82.8 Å². The molecule has 2 aromatic carbocycles. The summed E-state index contributed by atoms with van der Waals surface area (Å²) in [5.41, 5.74) is 1.46. The second-order valence-electron chi connectivity index (χ2n) is 13.4. The molecule has 4 rings (SSSR count). The average molecular weight is 607 g/mol. The second kappa shape index (κ2) is 13.4. The molecule has 2 aliphatic heterocycles. The maximum Gasteiger partial charge on any atom is 0.407 e. The average Bonchev–Trinajstić information content (AvgIpc) is 3.16. The lowest BCUT2D eigenvalue weighted by Crippen LogP contribution is -2.53. The highest BCUT2D eigenvalue weighted by Crippen LogP contribution is 2.42. The molecule has 1 fully saturated rings. The molecule has 2 heterocycles. The molecule has 0 spiro atoms. The van der Waals surface area contributed by atoms with Gasteiger partial charge in [-0.05, 0) is 84.6 Å². The third kappa shape index (κ3) is 7.41. The van der Waals surface area contributed by atoms with E-state index in [2.05, 4.69) is 5.32 Å². The van der Waals surface area contributed by atoms with Crippen molar-refractivity contribution < 1.29 is 28.8 Å². The number of hydrogen-bond acceptors (Lipinski definition) is 7. The van der Waals surface area contributed by atoms with Gasteiger partial charge in [0.1, 0.15) is 6.61 Å². The Morgan fingerprint density at radius 3 is 2.45 bits per heavy atom. The van der Waals surface area contributed by atoms with Gasteiger partial charge in [-0.3, -0.25) is 9.59 Å². The standard InChI is InChI=1S/C34H46N4O6/c1-23(2)38(26-14-11-18-36(21-26)44-31(41)33(3,4)5)29(39)25-15-16-27-28(20-25)37(30(40)34(27,6)7)19-17-35-32(42)43-22-24-12-9-8-10-13-24/h8-10,12-13,15-16,20,23,26H,11,14,17-19,21-22H2,1-7H3,(H,35,42)/t26-/m1/s1. The zero-order valence-electron chi connectivity index (χ0n) is 27.0. The van der Waals surface area contributed by atoms with Crippen LogP contribution in [0.2, 0.25) is 0 Å². The van der Waals surface area contributed by atoms with Gasteiger partial charge in [-0.15, -0.1) is 5.06 Å². The molecule has 0 bridgehead atoms. The number of carbonyl (C=O) groups is 4. The minimum atomic E-state index is -0.775. The van der Waals surface area contributed by atoms with Crippen LogP contribution in [0.3, 0.4) is 0 Å². The van der Waals surface area contributed by atoms with Gasteiger partial charge in [0, 0.05) is 43.0 Å². The SMILES string of the molecule is CC(C)N(C(=O)c1ccc2c(c1)N(CCNC(=O)OCc1ccccc1)C(=O)C2(C)C)[C@@H]1CCCN(OC(=O)C(C)(C)C)C1. The normalized spacial score (nSPS) is 18.1. The van der Waals surface area contributed by atoms with Crippen LogP contribution in [0.4, 0.5) is 10.5 Å². The Morgan fingerprint density at radius 2 is 1.80 bits per heavy atom. The quantitative estimate of drug-likeness (QED) is 0.425. The van der Waals surface area contributed by atoms with E-state index in [1.165, 1.54) is 0 Å². The first-order valence-electron chi connectivity index (χ1n) is 15.4. The number of nitrogens with zero attached hydrogens (tertiary/aromatic N) is 3. The largest absolute Gasteiger partial charge is 0.445 e. The first kappa shape index (κ1) is 33.0. The fourth-order valence-corrected chi connectivity index (χ4v) is 5.70. The topological polar surface area (TPSA) is 108 Å². The Bertz CT molecular complexity index is 1370. The van der Waals surface area contributed by atoms with Crippen LogP contribution >= 0.6 is 0 Å². The maximum absolute atomic E-state index is 14.0. The fraction of sp³-hybridized carbons (Fsp3) is 0.529. The number of alkyl carbamates (subject to hydrolysis) is 1. The molecule has 0 unspecified atom stereocenters. The van der Waals surface area contributed by atoms with Crippen molar-refractivity contribution in [1.29, 1.82) is 0 Å². The number of nitrogens with one attached hydrogen (secondary N) is 1. The molecule has 0 saturated carbocycles. The summed E-state index contributed by atoms with van der Waals surface area (Å²) in [6.07, 6.45) is 1.02. The number of ether oxygens (including phenoxy) is 1. The summed E-state index contributed by atoms with van der Waals surface area (Å²) in [6.45, 7) is 14.8. The molecule has 10 nitrogen and oxygen atoms in total. The predicted molar refractivity (Wildman–Crippen MR) is 168 cm³/mol. The zero-order valence-corrected chi connectivity index (χ0v) is 27.0. The maximum atomic E-state index is 14.0. The number of rotatable bonds is 9. The van der Waals surface area contributed by atoms with E-state index in [4.69, 9.17) is 9.57 Å². The van der Waals surface area contributed by atoms with E-state index >= 15 is 0 Å². The summed E-state index contributed by atoms with van der Waals surface area (Å²) >= 11 is 0. The lowest BCUT2D eigenvalue weighted by molar-refractivity contribution is -0.208. The highest BCUT2D eigenvalue weighted by molar-refractivity contribution is 6.09. The van der Waals surface area contributed by atoms with Gasteiger partial charge in [0.25, 0.3) is 5.91 Å². The van der Waals surface area contributed by atoms with Crippen molar-refractivity contribution in [3.63, 3.8) is 0 Å². The molecule has 3 amide bonds. The monoisotopic (exact) mass is 606 g/mol. The predicted octanol–water partition coefficient (Wildman–Crippen LogP) is 5.06. The summed E-state index contributed by atoms with van der Waals surface area (Å²) in [7, 11) is 0. The van der Waals surface area contributed by atoms with Crippen molar-refractivity contribution >= 4 is 29.6 Å². The van der Waals surface area contributed by atoms with E-state index in [1.807, 2.05) is 89.8 Å². The Balaban J connectivity index is 1.46. The lowest BCUT2D eigenvalue weighted by Gasteiger charge is -2.41. The zero-order chi connectivity index (χ0) is 32.2. The van der Waals surface area contributed by atoms with Crippen LogP contribution in [0, 0.1) is 5.41 Å². The van der Waals surface area contributed by atoms with Crippen LogP contribution in [0.25, 0.3) is 0 Å². The molecule has 1 saturated heterocycles. The summed E-state index contributed by atoms with van der Waals surface area (Å²) in [6, 6.07) is 14.6. The molecule has 2 aliphatic rings. The van der Waals surface area contributed by atoms with Crippen LogP contribution in [-0.2, 0) is 31.2 Å². The van der Waals surface area contributed by atoms with Crippen LogP contribution < -0.4 is 10.2 Å². The van der Waals surface area contributed by atoms with Gasteiger partial charge >= 0.3 is 12.1 Å². The van der Waals surface area contributed by atoms with E-state index < -0.39 is 16.9 Å². The first-order chi connectivity index (χ1) is 20.7. The fourth-order valence-electron chi connectivity index (χ4n) is 5.70. The summed E-state index contributed by atoms with van der Waals surface area (Å²) in [5, 5.41) is 4.40. The van der Waals surface area contributed by atoms with Crippen molar-refractivity contribution in [2.45, 2.75) is 85.4 Å². The molecule has 1 N–H and O–H groups in total. The van der Waals surface area contributed by atoms with E-state index in [0.717, 1.165) is 24.0 Å². The minimum absolute atomic E-state index is 0.0964. The highest BCUT2D eigenvalue weighted by atomic mass is 16.7. The number of benzene rings is 2. The van der Waals surface area contributed by atoms with Gasteiger partial charge in [-0.2, -0.15) is 0 Å². The number of hydrogen-bond donors (Lipinski definition) is 1. The van der Waals surface area contributed by atoms with Gasteiger partial charge in [0.05, 0.1) is 17.4 Å². The Kier molecular flexibility index (Phi) is 10.0. The van der Waals surface area contributed by atoms with Gasteiger partial charge < -0.3 is 24.7 Å². The van der Waals surface area contributed by atoms with Gasteiger partial charge in [0.2, 0.25) is 5.91 Å². The number of fused-ring (bicyclic) bond motifs is 1. The van der Waals surface area contributed by atoms with Crippen molar-refractivity contribution in [3.8, 4) is 0 Å². The van der Waals surface area contributed by atoms with Crippen LogP contribution in [0.15, 0.2) is 48.5 Å². The number of amides is 3. The Hall–Kier alpha value is -3.92. The van der Waals surface area contributed by atoms with E-state index in [-0.39, 0.29) is 49.6 Å². The van der Waals surface area contributed by atoms with Crippen molar-refractivity contribution in [2.24, 2.45) is 5.41 Å². The van der Waals surface area contributed by atoms with E-state index in [1.54, 1.807) is 22.1 Å². The number of hydroxylamine groups is 2. The second-order valence-corrected chi connectivity index (χ2v) is 13.4. The molecular formula is C34H46N4O6. The van der Waals surface area contributed by atoms with Gasteiger partial charge in [0.15, 0.2) is 0 Å². The number of carbonyl (C=O) groups excluding carboxylic acids is 4. The van der Waals surface area contributed by atoms with Gasteiger partial charge in [-0.1, -0.05) is 36.4 Å². The summed E-state index contributed by atoms with van der Waals surface area (Å²) in [4.78, 5) is 61.5. The van der Waals surface area contributed by atoms with Crippen LogP contribution in [-0.4, -0.2) is 72.1 Å². The molecule has 0 radical (unpaired) electrons. The van der Waals surface area contributed by atoms with Crippen molar-refractivity contribution in [1.82, 2.24) is 15.3 Å². The molecule has 1 atom stereocenters. The molecule has 10 heteroatoms. The number of piperidine rings is 1. The smallest absolute Gasteiger partial charge is 0.407 e. The summed E-state index contributed by atoms with van der Waals surface area (Å²) in [5.74, 6) is -0.539. The molecule has 0 aromatic heterocycles. The van der Waals surface area contributed by atoms with Gasteiger partial charge in [-0.25, -0.2) is 9.59 Å². The molecule has 238 valence electrons. The Labute approximate surface area is 260 Å². The van der Waals surface area contributed by atoms with E-state index in [0.29, 0.717) is 24.3 Å². The third-order valence-electron chi connectivity index (χ3n) is 8.17. The molecule has 44 heavy (non-hydrogen) atoms. The Morgan fingerprint density at radius 1 is 1.09 bits per heavy atom. The molecular weight excluding hydrogens is 560 g/mol. The molecule has 2 aromatic rings. The highest BCUT2D eigenvalue weighted by Gasteiger charge is 2.44. The van der Waals surface area contributed by atoms with Crippen molar-refractivity contribution in [3.05, 3.63) is 65.2 Å². The summed E-state index contributed by atoms with van der Waals surface area (Å²) < 4.78 is 5.30. The van der Waals surface area contributed by atoms with Crippen LogP contribution in [0.5, 0.6) is 0 Å². The molecule has 0 aliphatic carbocycles. The van der Waals surface area contributed by atoms with E-state index in [9.17, 15) is 19.2 Å². The first-order valence-corrected chi connectivity index (χ1v) is 15.4. The number of anilines is 1. The lowest BCUT2D eigenvalue weighted by atomic mass is 9.86. The minimum Gasteiger partial charge on any atom is -0.445 e.